The molecule has 0 aliphatic rings. The van der Waals surface area contributed by atoms with Crippen molar-refractivity contribution in [1.82, 2.24) is 5.32 Å². The van der Waals surface area contributed by atoms with Crippen LogP contribution < -0.4 is 14.8 Å². The second-order valence-corrected chi connectivity index (χ2v) is 3.88. The molecule has 0 aliphatic heterocycles. The van der Waals surface area contributed by atoms with Crippen LogP contribution in [0.2, 0.25) is 0 Å². The third-order valence-corrected chi connectivity index (χ3v) is 2.82. The number of methoxy groups -OCH3 is 2. The van der Waals surface area contributed by atoms with Crippen LogP contribution in [0.4, 0.5) is 0 Å². The Labute approximate surface area is 107 Å². The topological polar surface area (TPSA) is 43.6 Å². The predicted octanol–water partition coefficient (Wildman–Crippen LogP) is 2.61. The Hall–Kier alpha value is -1.94. The van der Waals surface area contributed by atoms with Crippen molar-refractivity contribution in [2.75, 3.05) is 21.3 Å². The van der Waals surface area contributed by atoms with E-state index in [4.69, 9.17) is 13.9 Å². The summed E-state index contributed by atoms with van der Waals surface area (Å²) in [5.74, 6) is 2.38. The highest BCUT2D eigenvalue weighted by Gasteiger charge is 2.16. The van der Waals surface area contributed by atoms with Gasteiger partial charge in [-0.2, -0.15) is 0 Å². The maximum Gasteiger partial charge on any atom is 0.125 e. The van der Waals surface area contributed by atoms with E-state index in [1.165, 1.54) is 0 Å². The minimum Gasteiger partial charge on any atom is -0.497 e. The molecular formula is C14H17NO3. The zero-order chi connectivity index (χ0) is 13.0. The number of benzene rings is 1. The molecule has 4 heteroatoms. The van der Waals surface area contributed by atoms with Crippen LogP contribution in [0.5, 0.6) is 11.5 Å². The molecule has 18 heavy (non-hydrogen) atoms. The van der Waals surface area contributed by atoms with Gasteiger partial charge in [-0.05, 0) is 36.9 Å². The summed E-state index contributed by atoms with van der Waals surface area (Å²) < 4.78 is 16.0. The van der Waals surface area contributed by atoms with Crippen molar-refractivity contribution < 1.29 is 13.9 Å². The molecule has 1 N–H and O–H groups in total. The van der Waals surface area contributed by atoms with Gasteiger partial charge < -0.3 is 19.2 Å². The van der Waals surface area contributed by atoms with Gasteiger partial charge in [-0.1, -0.05) is 0 Å². The zero-order valence-electron chi connectivity index (χ0n) is 10.8. The SMILES string of the molecule is CNC(c1cc(OC)cc(OC)c1)c1ccco1. The number of nitrogens with one attached hydrogen (secondary N) is 1. The van der Waals surface area contributed by atoms with Gasteiger partial charge in [-0.15, -0.1) is 0 Å². The Balaban J connectivity index is 2.41. The first-order valence-corrected chi connectivity index (χ1v) is 5.72. The summed E-state index contributed by atoms with van der Waals surface area (Å²) in [4.78, 5) is 0. The van der Waals surface area contributed by atoms with Crippen LogP contribution >= 0.6 is 0 Å². The molecule has 1 unspecified atom stereocenters. The second-order valence-electron chi connectivity index (χ2n) is 3.88. The summed E-state index contributed by atoms with van der Waals surface area (Å²) in [6.07, 6.45) is 1.66. The highest BCUT2D eigenvalue weighted by Crippen LogP contribution is 2.29. The van der Waals surface area contributed by atoms with Gasteiger partial charge in [0, 0.05) is 6.07 Å². The highest BCUT2D eigenvalue weighted by atomic mass is 16.5. The molecule has 2 rings (SSSR count). The van der Waals surface area contributed by atoms with Crippen LogP contribution in [0.25, 0.3) is 0 Å². The summed E-state index contributed by atoms with van der Waals surface area (Å²) in [5, 5.41) is 3.22. The van der Waals surface area contributed by atoms with Gasteiger partial charge in [0.05, 0.1) is 26.5 Å². The first-order chi connectivity index (χ1) is 8.78. The molecule has 0 spiro atoms. The zero-order valence-corrected chi connectivity index (χ0v) is 10.8. The molecule has 96 valence electrons. The molecular weight excluding hydrogens is 230 g/mol. The molecule has 1 heterocycles. The lowest BCUT2D eigenvalue weighted by Gasteiger charge is -2.16. The summed E-state index contributed by atoms with van der Waals surface area (Å²) in [6, 6.07) is 9.56. The molecule has 0 amide bonds. The van der Waals surface area contributed by atoms with Crippen LogP contribution in [0, 0.1) is 0 Å². The minimum atomic E-state index is -0.0241. The van der Waals surface area contributed by atoms with Crippen LogP contribution in [0.3, 0.4) is 0 Å². The van der Waals surface area contributed by atoms with Gasteiger partial charge in [0.2, 0.25) is 0 Å². The quantitative estimate of drug-likeness (QED) is 0.882. The smallest absolute Gasteiger partial charge is 0.125 e. The van der Waals surface area contributed by atoms with E-state index in [0.29, 0.717) is 0 Å². The summed E-state index contributed by atoms with van der Waals surface area (Å²) in [6.45, 7) is 0. The van der Waals surface area contributed by atoms with E-state index in [1.807, 2.05) is 37.4 Å². The number of hydrogen-bond donors (Lipinski definition) is 1. The van der Waals surface area contributed by atoms with Crippen LogP contribution in [-0.2, 0) is 0 Å². The lowest BCUT2D eigenvalue weighted by molar-refractivity contribution is 0.391. The van der Waals surface area contributed by atoms with Crippen LogP contribution in [0.1, 0.15) is 17.4 Å². The van der Waals surface area contributed by atoms with Crippen molar-refractivity contribution in [3.05, 3.63) is 47.9 Å². The summed E-state index contributed by atoms with van der Waals surface area (Å²) in [7, 11) is 5.17. The standard InChI is InChI=1S/C14H17NO3/c1-15-14(13-5-4-6-18-13)10-7-11(16-2)9-12(8-10)17-3/h4-9,14-15H,1-3H3. The molecule has 0 saturated heterocycles. The molecule has 4 nitrogen and oxygen atoms in total. The van der Waals surface area contributed by atoms with Crippen LogP contribution in [-0.4, -0.2) is 21.3 Å². The van der Waals surface area contributed by atoms with E-state index < -0.39 is 0 Å². The van der Waals surface area contributed by atoms with Gasteiger partial charge >= 0.3 is 0 Å². The summed E-state index contributed by atoms with van der Waals surface area (Å²) >= 11 is 0. The van der Waals surface area contributed by atoms with Crippen molar-refractivity contribution in [2.24, 2.45) is 0 Å². The van der Waals surface area contributed by atoms with Gasteiger partial charge in [-0.3, -0.25) is 0 Å². The average Bonchev–Trinajstić information content (AvgIpc) is 2.93. The lowest BCUT2D eigenvalue weighted by atomic mass is 10.0. The van der Waals surface area contributed by atoms with Crippen molar-refractivity contribution in [2.45, 2.75) is 6.04 Å². The monoisotopic (exact) mass is 247 g/mol. The first kappa shape index (κ1) is 12.5. The highest BCUT2D eigenvalue weighted by molar-refractivity contribution is 5.41. The molecule has 1 aromatic carbocycles. The Morgan fingerprint density at radius 3 is 2.22 bits per heavy atom. The van der Waals surface area contributed by atoms with E-state index in [-0.39, 0.29) is 6.04 Å². The fourth-order valence-corrected chi connectivity index (χ4v) is 1.92. The fraction of sp³-hybridized carbons (Fsp3) is 0.286. The Morgan fingerprint density at radius 1 is 1.11 bits per heavy atom. The van der Waals surface area contributed by atoms with Gasteiger partial charge in [0.1, 0.15) is 17.3 Å². The van der Waals surface area contributed by atoms with Crippen molar-refractivity contribution in [3.8, 4) is 11.5 Å². The molecule has 2 aromatic rings. The van der Waals surface area contributed by atoms with Crippen LogP contribution in [0.15, 0.2) is 41.0 Å². The number of ether oxygens (including phenoxy) is 2. The predicted molar refractivity (Wildman–Crippen MR) is 69.2 cm³/mol. The van der Waals surface area contributed by atoms with E-state index in [0.717, 1.165) is 22.8 Å². The Bertz CT molecular complexity index is 471. The number of furan rings is 1. The molecule has 0 saturated carbocycles. The Kier molecular flexibility index (Phi) is 3.89. The number of hydrogen-bond acceptors (Lipinski definition) is 4. The molecule has 0 aliphatic carbocycles. The normalized spacial score (nSPS) is 12.2. The maximum atomic E-state index is 5.44. The van der Waals surface area contributed by atoms with E-state index in [1.54, 1.807) is 20.5 Å². The minimum absolute atomic E-state index is 0.0241. The third kappa shape index (κ3) is 2.49. The average molecular weight is 247 g/mol. The third-order valence-electron chi connectivity index (χ3n) is 2.82. The maximum absolute atomic E-state index is 5.44. The van der Waals surface area contributed by atoms with E-state index in [9.17, 15) is 0 Å². The van der Waals surface area contributed by atoms with Crippen molar-refractivity contribution in [1.29, 1.82) is 0 Å². The largest absolute Gasteiger partial charge is 0.497 e. The van der Waals surface area contributed by atoms with Crippen molar-refractivity contribution >= 4 is 0 Å². The van der Waals surface area contributed by atoms with Gasteiger partial charge in [0.15, 0.2) is 0 Å². The van der Waals surface area contributed by atoms with E-state index >= 15 is 0 Å². The van der Waals surface area contributed by atoms with E-state index in [2.05, 4.69) is 5.32 Å². The second kappa shape index (κ2) is 5.60. The molecule has 1 aromatic heterocycles. The Morgan fingerprint density at radius 2 is 1.78 bits per heavy atom. The van der Waals surface area contributed by atoms with Crippen molar-refractivity contribution in [3.63, 3.8) is 0 Å². The van der Waals surface area contributed by atoms with Gasteiger partial charge in [0.25, 0.3) is 0 Å². The summed E-state index contributed by atoms with van der Waals surface area (Å²) in [5.41, 5.74) is 1.03. The van der Waals surface area contributed by atoms with Gasteiger partial charge in [-0.25, -0.2) is 0 Å². The lowest BCUT2D eigenvalue weighted by Crippen LogP contribution is -2.17. The molecule has 0 radical (unpaired) electrons. The molecule has 0 fully saturated rings. The fourth-order valence-electron chi connectivity index (χ4n) is 1.92. The number of rotatable bonds is 5. The molecule has 1 atom stereocenters. The molecule has 0 bridgehead atoms. The first-order valence-electron chi connectivity index (χ1n) is 5.72.